The minimum Gasteiger partial charge on any atom is -0.389 e. The number of carbonyl (C=O) groups excluding carboxylic acids is 2. The maximum absolute atomic E-state index is 13.7. The molecule has 218 valence electrons. The smallest absolute Gasteiger partial charge is 0.268 e. The van der Waals surface area contributed by atoms with Gasteiger partial charge in [0.15, 0.2) is 5.78 Å². The molecule has 0 unspecified atom stereocenters. The van der Waals surface area contributed by atoms with Crippen LogP contribution in [0.3, 0.4) is 0 Å². The Labute approximate surface area is 247 Å². The summed E-state index contributed by atoms with van der Waals surface area (Å²) in [5.41, 5.74) is 9.97. The molecule has 43 heavy (non-hydrogen) atoms. The van der Waals surface area contributed by atoms with Crippen LogP contribution < -0.4 is 16.6 Å². The van der Waals surface area contributed by atoms with Gasteiger partial charge >= 0.3 is 0 Å². The summed E-state index contributed by atoms with van der Waals surface area (Å²) >= 11 is 0. The summed E-state index contributed by atoms with van der Waals surface area (Å²) in [5, 5.41) is 14.0. The van der Waals surface area contributed by atoms with Gasteiger partial charge < -0.3 is 20.7 Å². The minimum absolute atomic E-state index is 0.0767. The van der Waals surface area contributed by atoms with E-state index in [0.29, 0.717) is 65.3 Å². The van der Waals surface area contributed by atoms with Gasteiger partial charge in [-0.1, -0.05) is 24.3 Å². The van der Waals surface area contributed by atoms with E-state index >= 15 is 0 Å². The highest BCUT2D eigenvalue weighted by Gasteiger charge is 2.27. The number of nitrogens with two attached hydrogens (primary N) is 1. The number of aryl methyl sites for hydroxylation is 1. The standard InChI is InChI=1S/C33H32N6O4/c1-19-14-20(12-13-22(19)25-16-38(17-33(2,3)43)30-28(25)29(34)35-18-36-30)37-31(41)24-15-23-26(10-7-11-27(23)40)39(32(24)42)21-8-5-4-6-9-21/h4-6,8-9,12-16,18,43H,7,10-11,17H2,1-3H3,(H,37,41)(H2,34,35,36). The van der Waals surface area contributed by atoms with Crippen LogP contribution in [0.15, 0.2) is 71.9 Å². The molecule has 1 aliphatic carbocycles. The number of aromatic nitrogens is 4. The molecule has 0 radical (unpaired) electrons. The summed E-state index contributed by atoms with van der Waals surface area (Å²) in [4.78, 5) is 48.7. The molecule has 0 spiro atoms. The maximum Gasteiger partial charge on any atom is 0.268 e. The number of pyridine rings is 1. The molecule has 0 atom stereocenters. The fourth-order valence-corrected chi connectivity index (χ4v) is 5.84. The molecule has 3 aromatic heterocycles. The predicted molar refractivity (Wildman–Crippen MR) is 166 cm³/mol. The van der Waals surface area contributed by atoms with Gasteiger partial charge in [0, 0.05) is 40.8 Å². The van der Waals surface area contributed by atoms with Gasteiger partial charge in [0.1, 0.15) is 23.4 Å². The van der Waals surface area contributed by atoms with Crippen molar-refractivity contribution in [3.8, 4) is 16.8 Å². The summed E-state index contributed by atoms with van der Waals surface area (Å²) in [7, 11) is 0. The van der Waals surface area contributed by atoms with Gasteiger partial charge in [0.2, 0.25) is 0 Å². The van der Waals surface area contributed by atoms with E-state index in [9.17, 15) is 19.5 Å². The van der Waals surface area contributed by atoms with Gasteiger partial charge in [-0.05, 0) is 75.1 Å². The molecule has 0 aliphatic heterocycles. The van der Waals surface area contributed by atoms with E-state index in [-0.39, 0.29) is 11.3 Å². The third-order valence-corrected chi connectivity index (χ3v) is 7.69. The van der Waals surface area contributed by atoms with Crippen molar-refractivity contribution in [3.63, 3.8) is 0 Å². The summed E-state index contributed by atoms with van der Waals surface area (Å²) in [6.07, 6.45) is 4.90. The van der Waals surface area contributed by atoms with Crippen molar-refractivity contribution in [1.82, 2.24) is 19.1 Å². The van der Waals surface area contributed by atoms with Crippen molar-refractivity contribution < 1.29 is 14.7 Å². The van der Waals surface area contributed by atoms with Crippen molar-refractivity contribution in [2.45, 2.75) is 52.2 Å². The first-order valence-electron chi connectivity index (χ1n) is 14.1. The number of hydrogen-bond acceptors (Lipinski definition) is 7. The van der Waals surface area contributed by atoms with Crippen LogP contribution in [-0.4, -0.2) is 41.5 Å². The lowest BCUT2D eigenvalue weighted by atomic mass is 9.92. The number of amides is 1. The number of nitrogen functional groups attached to an aromatic ring is 1. The lowest BCUT2D eigenvalue weighted by Gasteiger charge is -2.21. The Balaban J connectivity index is 1.37. The monoisotopic (exact) mass is 576 g/mol. The number of rotatable bonds is 6. The van der Waals surface area contributed by atoms with Crippen molar-refractivity contribution in [2.24, 2.45) is 0 Å². The predicted octanol–water partition coefficient (Wildman–Crippen LogP) is 4.68. The normalized spacial score (nSPS) is 13.3. The first-order valence-corrected chi connectivity index (χ1v) is 14.1. The van der Waals surface area contributed by atoms with Gasteiger partial charge in [-0.25, -0.2) is 9.97 Å². The molecule has 6 rings (SSSR count). The highest BCUT2D eigenvalue weighted by atomic mass is 16.3. The van der Waals surface area contributed by atoms with Crippen LogP contribution in [0.4, 0.5) is 11.5 Å². The number of fused-ring (bicyclic) bond motifs is 2. The average molecular weight is 577 g/mol. The molecule has 1 amide bonds. The Morgan fingerprint density at radius 3 is 2.51 bits per heavy atom. The third-order valence-electron chi connectivity index (χ3n) is 7.69. The number of Topliss-reactive ketones (excluding diaryl/α,β-unsaturated/α-hetero) is 1. The fourth-order valence-electron chi connectivity index (χ4n) is 5.84. The van der Waals surface area contributed by atoms with Crippen molar-refractivity contribution >= 4 is 34.2 Å². The van der Waals surface area contributed by atoms with Gasteiger partial charge in [-0.2, -0.15) is 0 Å². The summed E-state index contributed by atoms with van der Waals surface area (Å²) < 4.78 is 3.35. The molecule has 5 aromatic rings. The molecule has 0 saturated heterocycles. The minimum atomic E-state index is -0.980. The second-order valence-corrected chi connectivity index (χ2v) is 11.6. The highest BCUT2D eigenvalue weighted by Crippen LogP contribution is 2.36. The first kappa shape index (κ1) is 28.0. The largest absolute Gasteiger partial charge is 0.389 e. The van der Waals surface area contributed by atoms with Crippen LogP contribution >= 0.6 is 0 Å². The SMILES string of the molecule is Cc1cc(NC(=O)c2cc3c(n(-c4ccccc4)c2=O)CCCC3=O)ccc1-c1cn(CC(C)(C)O)c2ncnc(N)c12. The number of ketones is 1. The molecule has 0 saturated carbocycles. The van der Waals surface area contributed by atoms with E-state index in [1.165, 1.54) is 17.0 Å². The van der Waals surface area contributed by atoms with E-state index in [1.807, 2.05) is 48.0 Å². The second-order valence-electron chi connectivity index (χ2n) is 11.6. The van der Waals surface area contributed by atoms with Crippen molar-refractivity contribution in [3.05, 3.63) is 99.9 Å². The highest BCUT2D eigenvalue weighted by molar-refractivity contribution is 6.07. The quantitative estimate of drug-likeness (QED) is 0.266. The van der Waals surface area contributed by atoms with Gasteiger partial charge in [-0.3, -0.25) is 19.0 Å². The van der Waals surface area contributed by atoms with Crippen molar-refractivity contribution in [2.75, 3.05) is 11.1 Å². The molecule has 0 fully saturated rings. The van der Waals surface area contributed by atoms with E-state index in [1.54, 1.807) is 32.0 Å². The summed E-state index contributed by atoms with van der Waals surface area (Å²) in [5.74, 6) is -0.350. The van der Waals surface area contributed by atoms with E-state index in [0.717, 1.165) is 16.7 Å². The topological polar surface area (TPSA) is 145 Å². The van der Waals surface area contributed by atoms with Crippen LogP contribution in [0.5, 0.6) is 0 Å². The number of anilines is 2. The lowest BCUT2D eigenvalue weighted by molar-refractivity contribution is 0.0627. The van der Waals surface area contributed by atoms with E-state index < -0.39 is 17.1 Å². The number of benzene rings is 2. The zero-order valence-electron chi connectivity index (χ0n) is 24.2. The number of nitrogens with one attached hydrogen (secondary N) is 1. The lowest BCUT2D eigenvalue weighted by Crippen LogP contribution is -2.33. The summed E-state index contributed by atoms with van der Waals surface area (Å²) in [6.45, 7) is 5.65. The Morgan fingerprint density at radius 2 is 1.79 bits per heavy atom. The van der Waals surface area contributed by atoms with Crippen LogP contribution in [0, 0.1) is 6.92 Å². The van der Waals surface area contributed by atoms with Crippen LogP contribution in [0.1, 0.15) is 58.7 Å². The van der Waals surface area contributed by atoms with Gasteiger partial charge in [-0.15, -0.1) is 0 Å². The Bertz CT molecular complexity index is 1970. The molecular formula is C33H32N6O4. The fraction of sp³-hybridized carbons (Fsp3) is 0.242. The third kappa shape index (κ3) is 5.21. The Hall–Kier alpha value is -5.09. The molecule has 1 aliphatic rings. The maximum atomic E-state index is 13.7. The second kappa shape index (κ2) is 10.6. The first-order chi connectivity index (χ1) is 20.5. The zero-order valence-corrected chi connectivity index (χ0v) is 24.2. The molecule has 4 N–H and O–H groups in total. The average Bonchev–Trinajstić information content (AvgIpc) is 3.31. The van der Waals surface area contributed by atoms with Gasteiger partial charge in [0.25, 0.3) is 11.5 Å². The molecule has 2 aromatic carbocycles. The number of para-hydroxylation sites is 1. The molecular weight excluding hydrogens is 544 g/mol. The van der Waals surface area contributed by atoms with Crippen molar-refractivity contribution in [1.29, 1.82) is 0 Å². The molecule has 10 heteroatoms. The van der Waals surface area contributed by atoms with E-state index in [4.69, 9.17) is 5.73 Å². The number of hydrogen-bond donors (Lipinski definition) is 3. The summed E-state index contributed by atoms with van der Waals surface area (Å²) in [6, 6.07) is 15.9. The number of nitrogens with zero attached hydrogens (tertiary/aromatic N) is 4. The van der Waals surface area contributed by atoms with Gasteiger partial charge in [0.05, 0.1) is 17.5 Å². The van der Waals surface area contributed by atoms with Crippen LogP contribution in [0.2, 0.25) is 0 Å². The zero-order chi connectivity index (χ0) is 30.5. The Kier molecular flexibility index (Phi) is 6.94. The molecule has 3 heterocycles. The molecule has 10 nitrogen and oxygen atoms in total. The van der Waals surface area contributed by atoms with Crippen LogP contribution in [-0.2, 0) is 13.0 Å². The number of aliphatic hydroxyl groups is 1. The molecule has 0 bridgehead atoms. The van der Waals surface area contributed by atoms with E-state index in [2.05, 4.69) is 15.3 Å². The Morgan fingerprint density at radius 1 is 1.02 bits per heavy atom. The number of carbonyl (C=O) groups is 2. The van der Waals surface area contributed by atoms with Crippen LogP contribution in [0.25, 0.3) is 27.8 Å².